The molecule has 0 saturated heterocycles. The molecule has 0 spiro atoms. The lowest BCUT2D eigenvalue weighted by Gasteiger charge is -2.28. The van der Waals surface area contributed by atoms with E-state index in [9.17, 15) is 4.79 Å². The molecule has 5 nitrogen and oxygen atoms in total. The van der Waals surface area contributed by atoms with Crippen LogP contribution in [-0.2, 0) is 17.9 Å². The zero-order valence-corrected chi connectivity index (χ0v) is 15.6. The van der Waals surface area contributed by atoms with E-state index < -0.39 is 6.04 Å². The van der Waals surface area contributed by atoms with Crippen molar-refractivity contribution in [1.29, 1.82) is 0 Å². The molecule has 0 aliphatic heterocycles. The third-order valence-electron chi connectivity index (χ3n) is 3.41. The Hall–Kier alpha value is -1.63. The zero-order valence-electron chi connectivity index (χ0n) is 14.0. The molecule has 1 aromatic carbocycles. The number of hydrogen-bond acceptors (Lipinski definition) is 5. The van der Waals surface area contributed by atoms with Crippen molar-refractivity contribution in [3.8, 4) is 5.75 Å². The molecule has 2 rings (SSSR count). The molecular formula is C17H22ClN3O2S. The summed E-state index contributed by atoms with van der Waals surface area (Å²) in [5, 5.41) is 6.68. The molecule has 1 aromatic heterocycles. The van der Waals surface area contributed by atoms with Gasteiger partial charge in [0, 0.05) is 16.9 Å². The fourth-order valence-electron chi connectivity index (χ4n) is 2.21. The Morgan fingerprint density at radius 1 is 1.38 bits per heavy atom. The van der Waals surface area contributed by atoms with Crippen LogP contribution in [0.4, 0.5) is 0 Å². The summed E-state index contributed by atoms with van der Waals surface area (Å²) >= 11 is 7.36. The van der Waals surface area contributed by atoms with Gasteiger partial charge in [0.25, 0.3) is 0 Å². The maximum atomic E-state index is 11.6. The number of ether oxygens (including phenoxy) is 1. The van der Waals surface area contributed by atoms with Crippen molar-refractivity contribution in [2.24, 2.45) is 11.1 Å². The van der Waals surface area contributed by atoms with Gasteiger partial charge in [-0.3, -0.25) is 10.1 Å². The Morgan fingerprint density at radius 2 is 2.04 bits per heavy atom. The van der Waals surface area contributed by atoms with E-state index in [-0.39, 0.29) is 11.3 Å². The number of hydrogen-bond donors (Lipinski definition) is 2. The van der Waals surface area contributed by atoms with E-state index >= 15 is 0 Å². The largest absolute Gasteiger partial charge is 0.486 e. The number of thiazole rings is 1. The van der Waals surface area contributed by atoms with E-state index in [4.69, 9.17) is 22.1 Å². The number of rotatable bonds is 7. The normalized spacial score (nSPS) is 12.8. The Labute approximate surface area is 151 Å². The molecular weight excluding hydrogens is 346 g/mol. The van der Waals surface area contributed by atoms with Crippen molar-refractivity contribution in [3.05, 3.63) is 45.4 Å². The fraction of sp³-hybridized carbons (Fsp3) is 0.412. The molecule has 1 amide bonds. The number of aromatic nitrogens is 1. The molecule has 0 fully saturated rings. The summed E-state index contributed by atoms with van der Waals surface area (Å²) in [5.41, 5.74) is 6.08. The monoisotopic (exact) mass is 367 g/mol. The molecule has 0 bridgehead atoms. The van der Waals surface area contributed by atoms with Gasteiger partial charge >= 0.3 is 0 Å². The van der Waals surface area contributed by atoms with Gasteiger partial charge in [-0.2, -0.15) is 0 Å². The molecule has 0 aliphatic rings. The fourth-order valence-corrected chi connectivity index (χ4v) is 3.04. The van der Waals surface area contributed by atoms with Crippen LogP contribution in [0.2, 0.25) is 5.02 Å². The molecule has 0 aliphatic carbocycles. The summed E-state index contributed by atoms with van der Waals surface area (Å²) in [7, 11) is 0. The van der Waals surface area contributed by atoms with E-state index in [0.717, 1.165) is 16.5 Å². The molecule has 7 heteroatoms. The number of primary amides is 1. The summed E-state index contributed by atoms with van der Waals surface area (Å²) < 4.78 is 5.67. The second kappa shape index (κ2) is 7.96. The van der Waals surface area contributed by atoms with Crippen molar-refractivity contribution < 1.29 is 9.53 Å². The van der Waals surface area contributed by atoms with Gasteiger partial charge in [0.15, 0.2) is 0 Å². The summed E-state index contributed by atoms with van der Waals surface area (Å²) in [6.45, 7) is 6.80. The van der Waals surface area contributed by atoms with Gasteiger partial charge in [-0.15, -0.1) is 11.3 Å². The highest BCUT2D eigenvalue weighted by Gasteiger charge is 2.29. The number of carbonyl (C=O) groups excluding carboxylic acids is 1. The number of nitrogens with two attached hydrogens (primary N) is 1. The minimum Gasteiger partial charge on any atom is -0.486 e. The third kappa shape index (κ3) is 5.47. The molecule has 3 N–H and O–H groups in total. The van der Waals surface area contributed by atoms with E-state index in [1.807, 2.05) is 38.3 Å². The lowest BCUT2D eigenvalue weighted by molar-refractivity contribution is -0.122. The average molecular weight is 368 g/mol. The first-order valence-corrected chi connectivity index (χ1v) is 8.86. The molecule has 130 valence electrons. The van der Waals surface area contributed by atoms with Crippen LogP contribution in [0.3, 0.4) is 0 Å². The van der Waals surface area contributed by atoms with Gasteiger partial charge in [0.1, 0.15) is 17.4 Å². The Kier molecular flexibility index (Phi) is 6.21. The number of carbonyl (C=O) groups is 1. The highest BCUT2D eigenvalue weighted by Crippen LogP contribution is 2.21. The Morgan fingerprint density at radius 3 is 2.62 bits per heavy atom. The minimum absolute atomic E-state index is 0.248. The number of benzene rings is 1. The van der Waals surface area contributed by atoms with Crippen LogP contribution in [0.1, 0.15) is 31.5 Å². The Balaban J connectivity index is 1.88. The first kappa shape index (κ1) is 18.7. The molecule has 2 aromatic rings. The summed E-state index contributed by atoms with van der Waals surface area (Å²) in [6.07, 6.45) is 0. The highest BCUT2D eigenvalue weighted by molar-refractivity contribution is 7.09. The van der Waals surface area contributed by atoms with Crippen molar-refractivity contribution in [3.63, 3.8) is 0 Å². The van der Waals surface area contributed by atoms with Crippen molar-refractivity contribution in [1.82, 2.24) is 10.3 Å². The minimum atomic E-state index is -0.409. The first-order chi connectivity index (χ1) is 11.3. The van der Waals surface area contributed by atoms with Crippen molar-refractivity contribution in [2.45, 2.75) is 40.0 Å². The predicted octanol–water partition coefficient (Wildman–Crippen LogP) is 3.37. The second-order valence-corrected chi connectivity index (χ2v) is 7.94. The van der Waals surface area contributed by atoms with Gasteiger partial charge in [-0.25, -0.2) is 4.98 Å². The van der Waals surface area contributed by atoms with Gasteiger partial charge in [-0.05, 0) is 29.7 Å². The number of nitrogens with one attached hydrogen (secondary N) is 1. The average Bonchev–Trinajstić information content (AvgIpc) is 2.93. The van der Waals surface area contributed by atoms with E-state index in [1.165, 1.54) is 11.3 Å². The van der Waals surface area contributed by atoms with Crippen LogP contribution in [0.15, 0.2) is 29.6 Å². The molecule has 0 saturated carbocycles. The highest BCUT2D eigenvalue weighted by atomic mass is 35.5. The lowest BCUT2D eigenvalue weighted by Crippen LogP contribution is -2.49. The predicted molar refractivity (Wildman–Crippen MR) is 97.2 cm³/mol. The van der Waals surface area contributed by atoms with Crippen molar-refractivity contribution in [2.75, 3.05) is 0 Å². The molecule has 24 heavy (non-hydrogen) atoms. The lowest BCUT2D eigenvalue weighted by atomic mass is 9.86. The number of amides is 1. The van der Waals surface area contributed by atoms with Gasteiger partial charge in [0.05, 0.1) is 11.7 Å². The van der Waals surface area contributed by atoms with Crippen LogP contribution < -0.4 is 15.8 Å². The van der Waals surface area contributed by atoms with Crippen LogP contribution in [0.25, 0.3) is 0 Å². The van der Waals surface area contributed by atoms with Gasteiger partial charge in [-0.1, -0.05) is 32.4 Å². The number of nitrogens with zero attached hydrogens (tertiary/aromatic N) is 1. The van der Waals surface area contributed by atoms with Crippen LogP contribution in [0.5, 0.6) is 5.75 Å². The maximum absolute atomic E-state index is 11.6. The standard InChI is InChI=1S/C17H22ClN3O2S/c1-17(2,3)15(16(19)22)20-8-12-10-24-14(21-12)9-23-13-6-4-11(18)5-7-13/h4-7,10,15,20H,8-9H2,1-3H3,(H2,19,22). The topological polar surface area (TPSA) is 77.2 Å². The van der Waals surface area contributed by atoms with E-state index in [0.29, 0.717) is 18.2 Å². The number of halogens is 1. The quantitative estimate of drug-likeness (QED) is 0.786. The Bertz CT molecular complexity index is 680. The van der Waals surface area contributed by atoms with E-state index in [2.05, 4.69) is 10.3 Å². The molecule has 0 radical (unpaired) electrons. The molecule has 1 heterocycles. The summed E-state index contributed by atoms with van der Waals surface area (Å²) in [6, 6.07) is 6.79. The van der Waals surface area contributed by atoms with Crippen molar-refractivity contribution >= 4 is 28.8 Å². The maximum Gasteiger partial charge on any atom is 0.235 e. The zero-order chi connectivity index (χ0) is 17.7. The van der Waals surface area contributed by atoms with Crippen LogP contribution >= 0.6 is 22.9 Å². The smallest absolute Gasteiger partial charge is 0.235 e. The van der Waals surface area contributed by atoms with E-state index in [1.54, 1.807) is 12.1 Å². The van der Waals surface area contributed by atoms with Crippen LogP contribution in [-0.4, -0.2) is 16.9 Å². The second-order valence-electron chi connectivity index (χ2n) is 6.56. The van der Waals surface area contributed by atoms with Crippen LogP contribution in [0, 0.1) is 5.41 Å². The SMILES string of the molecule is CC(C)(C)C(NCc1csc(COc2ccc(Cl)cc2)n1)C(N)=O. The molecule has 1 unspecified atom stereocenters. The summed E-state index contributed by atoms with van der Waals surface area (Å²) in [5.74, 6) is 0.389. The van der Waals surface area contributed by atoms with Gasteiger partial charge in [0.2, 0.25) is 5.91 Å². The third-order valence-corrected chi connectivity index (χ3v) is 4.54. The van der Waals surface area contributed by atoms with Gasteiger partial charge < -0.3 is 10.5 Å². The first-order valence-electron chi connectivity index (χ1n) is 7.60. The molecule has 1 atom stereocenters. The summed E-state index contributed by atoms with van der Waals surface area (Å²) in [4.78, 5) is 16.1.